The van der Waals surface area contributed by atoms with E-state index in [0.717, 1.165) is 33.9 Å². The molecular formula is C14H20BrClN2. The van der Waals surface area contributed by atoms with E-state index in [1.165, 1.54) is 12.8 Å². The molecule has 0 aromatic heterocycles. The van der Waals surface area contributed by atoms with Crippen LogP contribution in [0.25, 0.3) is 0 Å². The zero-order valence-electron chi connectivity index (χ0n) is 10.7. The predicted molar refractivity (Wildman–Crippen MR) is 82.2 cm³/mol. The minimum atomic E-state index is 0.0466. The van der Waals surface area contributed by atoms with Gasteiger partial charge in [0.15, 0.2) is 0 Å². The zero-order valence-corrected chi connectivity index (χ0v) is 13.0. The molecule has 100 valence electrons. The Balaban J connectivity index is 2.16. The van der Waals surface area contributed by atoms with Gasteiger partial charge in [-0.3, -0.25) is 0 Å². The fraction of sp³-hybridized carbons (Fsp3) is 0.571. The van der Waals surface area contributed by atoms with E-state index in [1.807, 2.05) is 18.2 Å². The highest BCUT2D eigenvalue weighted by Crippen LogP contribution is 2.35. The first-order valence-electron chi connectivity index (χ1n) is 6.48. The minimum absolute atomic E-state index is 0.0466. The van der Waals surface area contributed by atoms with Crippen molar-refractivity contribution in [1.29, 1.82) is 0 Å². The summed E-state index contributed by atoms with van der Waals surface area (Å²) >= 11 is 9.47. The van der Waals surface area contributed by atoms with Crippen LogP contribution in [0, 0.1) is 5.92 Å². The van der Waals surface area contributed by atoms with Crippen molar-refractivity contribution >= 4 is 33.2 Å². The lowest BCUT2D eigenvalue weighted by atomic mass is 9.76. The molecule has 0 aliphatic heterocycles. The maximum atomic E-state index is 6.02. The van der Waals surface area contributed by atoms with Gasteiger partial charge in [-0.05, 0) is 52.9 Å². The SMILES string of the molecule is CC1CCCC(CN)(Nc2ccc(Cl)c(Br)c2)C1. The summed E-state index contributed by atoms with van der Waals surface area (Å²) in [6.07, 6.45) is 4.85. The second kappa shape index (κ2) is 5.81. The fourth-order valence-corrected chi connectivity index (χ4v) is 3.39. The molecule has 1 fully saturated rings. The Bertz CT molecular complexity index is 424. The van der Waals surface area contributed by atoms with Gasteiger partial charge in [0.1, 0.15) is 0 Å². The maximum Gasteiger partial charge on any atom is 0.0549 e. The van der Waals surface area contributed by atoms with E-state index in [-0.39, 0.29) is 5.54 Å². The molecule has 3 N–H and O–H groups in total. The normalized spacial score (nSPS) is 28.1. The monoisotopic (exact) mass is 330 g/mol. The van der Waals surface area contributed by atoms with Crippen molar-refractivity contribution in [2.45, 2.75) is 38.1 Å². The molecule has 1 aliphatic rings. The van der Waals surface area contributed by atoms with Crippen LogP contribution in [0.3, 0.4) is 0 Å². The average molecular weight is 332 g/mol. The number of benzene rings is 1. The summed E-state index contributed by atoms with van der Waals surface area (Å²) in [5.41, 5.74) is 7.15. The van der Waals surface area contributed by atoms with Gasteiger partial charge >= 0.3 is 0 Å². The molecule has 1 aromatic rings. The van der Waals surface area contributed by atoms with Crippen LogP contribution in [0.1, 0.15) is 32.6 Å². The van der Waals surface area contributed by atoms with Crippen LogP contribution in [0.2, 0.25) is 5.02 Å². The summed E-state index contributed by atoms with van der Waals surface area (Å²) in [5.74, 6) is 0.741. The van der Waals surface area contributed by atoms with Crippen molar-refractivity contribution in [1.82, 2.24) is 0 Å². The third-order valence-corrected chi connectivity index (χ3v) is 5.03. The van der Waals surface area contributed by atoms with Crippen molar-refractivity contribution < 1.29 is 0 Å². The van der Waals surface area contributed by atoms with Gasteiger partial charge in [-0.15, -0.1) is 0 Å². The van der Waals surface area contributed by atoms with Crippen LogP contribution >= 0.6 is 27.5 Å². The first-order chi connectivity index (χ1) is 8.54. The van der Waals surface area contributed by atoms with Crippen LogP contribution in [-0.2, 0) is 0 Å². The van der Waals surface area contributed by atoms with Crippen LogP contribution in [0.15, 0.2) is 22.7 Å². The number of anilines is 1. The van der Waals surface area contributed by atoms with Crippen LogP contribution in [-0.4, -0.2) is 12.1 Å². The van der Waals surface area contributed by atoms with Gasteiger partial charge in [0, 0.05) is 22.2 Å². The Morgan fingerprint density at radius 3 is 2.94 bits per heavy atom. The highest BCUT2D eigenvalue weighted by molar-refractivity contribution is 9.10. The number of rotatable bonds is 3. The molecule has 0 radical (unpaired) electrons. The van der Waals surface area contributed by atoms with E-state index in [0.29, 0.717) is 6.54 Å². The number of halogens is 2. The quantitative estimate of drug-likeness (QED) is 0.860. The molecule has 2 atom stereocenters. The maximum absolute atomic E-state index is 6.02. The summed E-state index contributed by atoms with van der Waals surface area (Å²) in [6, 6.07) is 5.95. The topological polar surface area (TPSA) is 38.0 Å². The van der Waals surface area contributed by atoms with E-state index in [2.05, 4.69) is 28.2 Å². The molecule has 4 heteroatoms. The van der Waals surface area contributed by atoms with E-state index in [1.54, 1.807) is 0 Å². The molecule has 0 amide bonds. The zero-order chi connectivity index (χ0) is 13.2. The van der Waals surface area contributed by atoms with E-state index in [9.17, 15) is 0 Å². The number of hydrogen-bond donors (Lipinski definition) is 2. The smallest absolute Gasteiger partial charge is 0.0549 e. The van der Waals surface area contributed by atoms with E-state index >= 15 is 0 Å². The van der Waals surface area contributed by atoms with Crippen molar-refractivity contribution in [3.05, 3.63) is 27.7 Å². The van der Waals surface area contributed by atoms with Crippen molar-refractivity contribution in [2.75, 3.05) is 11.9 Å². The molecule has 0 saturated heterocycles. The summed E-state index contributed by atoms with van der Waals surface area (Å²) in [7, 11) is 0. The second-order valence-corrected chi connectivity index (χ2v) is 6.70. The molecule has 0 bridgehead atoms. The molecule has 2 nitrogen and oxygen atoms in total. The largest absolute Gasteiger partial charge is 0.378 e. The summed E-state index contributed by atoms with van der Waals surface area (Å²) in [5, 5.41) is 4.36. The van der Waals surface area contributed by atoms with Crippen LogP contribution < -0.4 is 11.1 Å². The molecular weight excluding hydrogens is 312 g/mol. The van der Waals surface area contributed by atoms with Gasteiger partial charge < -0.3 is 11.1 Å². The fourth-order valence-electron chi connectivity index (χ4n) is 2.89. The Hall–Kier alpha value is -0.250. The number of hydrogen-bond acceptors (Lipinski definition) is 2. The van der Waals surface area contributed by atoms with E-state index in [4.69, 9.17) is 17.3 Å². The number of nitrogens with two attached hydrogens (primary N) is 1. The molecule has 0 heterocycles. The Morgan fingerprint density at radius 2 is 2.33 bits per heavy atom. The van der Waals surface area contributed by atoms with Gasteiger partial charge in [0.25, 0.3) is 0 Å². The average Bonchev–Trinajstić information content (AvgIpc) is 2.34. The van der Waals surface area contributed by atoms with Crippen LogP contribution in [0.5, 0.6) is 0 Å². The van der Waals surface area contributed by atoms with Crippen LogP contribution in [0.4, 0.5) is 5.69 Å². The van der Waals surface area contributed by atoms with Crippen molar-refractivity contribution in [3.63, 3.8) is 0 Å². The first kappa shape index (κ1) is 14.2. The minimum Gasteiger partial charge on any atom is -0.378 e. The molecule has 1 aromatic carbocycles. The molecule has 1 saturated carbocycles. The van der Waals surface area contributed by atoms with Gasteiger partial charge in [0.2, 0.25) is 0 Å². The summed E-state index contributed by atoms with van der Waals surface area (Å²) < 4.78 is 0.921. The van der Waals surface area contributed by atoms with Crippen molar-refractivity contribution in [2.24, 2.45) is 11.7 Å². The Kier molecular flexibility index (Phi) is 4.57. The van der Waals surface area contributed by atoms with Gasteiger partial charge in [-0.2, -0.15) is 0 Å². The molecule has 18 heavy (non-hydrogen) atoms. The third-order valence-electron chi connectivity index (χ3n) is 3.81. The predicted octanol–water partition coefficient (Wildman–Crippen LogP) is 4.42. The molecule has 0 spiro atoms. The molecule has 2 rings (SSSR count). The second-order valence-electron chi connectivity index (χ2n) is 5.44. The Labute approximate surface area is 122 Å². The van der Waals surface area contributed by atoms with Gasteiger partial charge in [-0.1, -0.05) is 31.4 Å². The lowest BCUT2D eigenvalue weighted by Gasteiger charge is -2.40. The Morgan fingerprint density at radius 1 is 1.56 bits per heavy atom. The third kappa shape index (κ3) is 3.19. The molecule has 2 unspecified atom stereocenters. The summed E-state index contributed by atoms with van der Waals surface area (Å²) in [6.45, 7) is 2.99. The van der Waals surface area contributed by atoms with Gasteiger partial charge in [-0.25, -0.2) is 0 Å². The molecule has 1 aliphatic carbocycles. The van der Waals surface area contributed by atoms with Gasteiger partial charge in [0.05, 0.1) is 5.02 Å². The summed E-state index contributed by atoms with van der Waals surface area (Å²) in [4.78, 5) is 0. The lowest BCUT2D eigenvalue weighted by molar-refractivity contribution is 0.264. The first-order valence-corrected chi connectivity index (χ1v) is 7.65. The van der Waals surface area contributed by atoms with E-state index < -0.39 is 0 Å². The highest BCUT2D eigenvalue weighted by atomic mass is 79.9. The highest BCUT2D eigenvalue weighted by Gasteiger charge is 2.33. The number of nitrogens with one attached hydrogen (secondary N) is 1. The standard InChI is InChI=1S/C14H20BrClN2/c1-10-3-2-6-14(8-10,9-17)18-11-4-5-13(16)12(15)7-11/h4-5,7,10,18H,2-3,6,8-9,17H2,1H3. The lowest BCUT2D eigenvalue weighted by Crippen LogP contribution is -2.48. The van der Waals surface area contributed by atoms with Crippen molar-refractivity contribution in [3.8, 4) is 0 Å².